The Morgan fingerprint density at radius 2 is 1.62 bits per heavy atom. The summed E-state index contributed by atoms with van der Waals surface area (Å²) in [5.74, 6) is -3.38. The van der Waals surface area contributed by atoms with Crippen LogP contribution in [-0.2, 0) is 52.3 Å². The van der Waals surface area contributed by atoms with Crippen molar-refractivity contribution in [2.45, 2.75) is 167 Å². The van der Waals surface area contributed by atoms with E-state index in [1.54, 1.807) is 27.7 Å². The van der Waals surface area contributed by atoms with Gasteiger partial charge >= 0.3 is 5.97 Å². The number of ketones is 1. The zero-order chi connectivity index (χ0) is 38.4. The summed E-state index contributed by atoms with van der Waals surface area (Å²) in [6.07, 6.45) is -6.62. The Balaban J connectivity index is 0.00000729. The summed E-state index contributed by atoms with van der Waals surface area (Å²) in [4.78, 5) is 41.1. The third kappa shape index (κ3) is 9.11. The third-order valence-corrected chi connectivity index (χ3v) is 11.7. The smallest absolute Gasteiger partial charge is 0.311 e. The average Bonchev–Trinajstić information content (AvgIpc) is 3.37. The van der Waals surface area contributed by atoms with Gasteiger partial charge in [0, 0.05) is 76.0 Å². The van der Waals surface area contributed by atoms with Crippen LogP contribution < -0.4 is 0 Å². The second-order valence-electron chi connectivity index (χ2n) is 16.1. The zero-order valence-corrected chi connectivity index (χ0v) is 37.9. The van der Waals surface area contributed by atoms with Gasteiger partial charge in [0.05, 0.1) is 30.1 Å². The number of cyclic esters (lactones) is 1. The van der Waals surface area contributed by atoms with E-state index in [0.717, 1.165) is 5.57 Å². The molecule has 295 valence electrons. The first kappa shape index (κ1) is 45.7. The maximum absolute atomic E-state index is 14.0. The zero-order valence-electron chi connectivity index (χ0n) is 33.1. The molecule has 0 amide bonds. The molecule has 14 nitrogen and oxygen atoms in total. The third-order valence-electron chi connectivity index (χ3n) is 11.7. The number of esters is 1. The van der Waals surface area contributed by atoms with E-state index in [4.69, 9.17) is 37.9 Å². The van der Waals surface area contributed by atoms with E-state index in [1.807, 2.05) is 46.7 Å². The molecule has 2 bridgehead atoms. The fraction of sp³-hybridized carbons (Fsp3) is 0.865. The number of hydrogen-bond acceptors (Lipinski definition) is 14. The Bertz CT molecular complexity index is 1310. The molecular weight excluding hydrogens is 893 g/mol. The Hall–Kier alpha value is -0.728. The number of allylic oxidation sites excluding steroid dienone is 1. The van der Waals surface area contributed by atoms with Gasteiger partial charge in [-0.1, -0.05) is 6.92 Å². The van der Waals surface area contributed by atoms with E-state index < -0.39 is 95.5 Å². The van der Waals surface area contributed by atoms with Gasteiger partial charge in [0.2, 0.25) is 0 Å². The van der Waals surface area contributed by atoms with Crippen LogP contribution in [0, 0.1) is 61.8 Å². The van der Waals surface area contributed by atoms with Crippen molar-refractivity contribution in [3.05, 3.63) is 11.3 Å². The Labute approximate surface area is 344 Å². The van der Waals surface area contributed by atoms with Crippen molar-refractivity contribution < 1.29 is 107 Å². The van der Waals surface area contributed by atoms with E-state index >= 15 is 0 Å². The molecular formula is C37H61AcNO13. The van der Waals surface area contributed by atoms with Gasteiger partial charge in [-0.05, 0) is 88.4 Å². The van der Waals surface area contributed by atoms with Crippen LogP contribution in [0.4, 0.5) is 0 Å². The summed E-state index contributed by atoms with van der Waals surface area (Å²) in [5.41, 5.74) is -3.36. The van der Waals surface area contributed by atoms with E-state index in [2.05, 4.69) is 0 Å². The van der Waals surface area contributed by atoms with Crippen LogP contribution in [0.25, 0.3) is 0 Å². The number of nitrogens with zero attached hydrogens (tertiary/aromatic N) is 1. The van der Waals surface area contributed by atoms with Crippen LogP contribution in [0.1, 0.15) is 88.5 Å². The normalized spacial score (nSPS) is 46.3. The standard InChI is InChI=1S/C37H61NO13.Ac/c1-18-15-36(9)31(50-34-27(40)25(38(11)12)14-19(2)46-34)21(4)29(49-26-16-35(8,44-13)32(45-17-39)23(6)47-26)22(5)33(42)48-24(7)37(10,43)30(41)20(3)28(18)51-36;/h17,19-27,29,31-32,34,40,43H,14-16H2,1-13H3;/t19-,20+,21+,22-,23+,24?,25?,26?,27?,29?,31?,32?,34?,35?,36?,37-;/m1./s1. The summed E-state index contributed by atoms with van der Waals surface area (Å²) in [7, 11) is 5.29. The number of fused-ring (bicyclic) bond motifs is 2. The molecule has 4 aliphatic rings. The van der Waals surface area contributed by atoms with Gasteiger partial charge in [-0.15, -0.1) is 0 Å². The van der Waals surface area contributed by atoms with Gasteiger partial charge in [0.25, 0.3) is 6.47 Å². The van der Waals surface area contributed by atoms with Gasteiger partial charge in [-0.25, -0.2) is 0 Å². The molecule has 2 N–H and O–H groups in total. The predicted molar refractivity (Wildman–Crippen MR) is 183 cm³/mol. The molecule has 0 aliphatic carbocycles. The minimum absolute atomic E-state index is 0. The summed E-state index contributed by atoms with van der Waals surface area (Å²) < 4.78 is 49.8. The summed E-state index contributed by atoms with van der Waals surface area (Å²) >= 11 is 0. The molecule has 4 heterocycles. The molecule has 15 heteroatoms. The topological polar surface area (TPSA) is 169 Å². The van der Waals surface area contributed by atoms with Crippen molar-refractivity contribution in [1.82, 2.24) is 4.90 Å². The van der Waals surface area contributed by atoms with E-state index in [-0.39, 0.29) is 62.6 Å². The number of rotatable bonds is 8. The number of aliphatic hydroxyl groups is 2. The minimum atomic E-state index is -2.04. The Morgan fingerprint density at radius 3 is 2.19 bits per heavy atom. The molecule has 4 aliphatic heterocycles. The number of carbonyl (C=O) groups excluding carboxylic acids is 3. The Morgan fingerprint density at radius 1 is 0.981 bits per heavy atom. The number of carbonyl (C=O) groups is 3. The van der Waals surface area contributed by atoms with Crippen LogP contribution in [0.5, 0.6) is 0 Å². The molecule has 0 aromatic carbocycles. The van der Waals surface area contributed by atoms with Crippen molar-refractivity contribution in [1.29, 1.82) is 0 Å². The van der Waals surface area contributed by atoms with Crippen LogP contribution >= 0.6 is 0 Å². The summed E-state index contributed by atoms with van der Waals surface area (Å²) in [6.45, 7) is 17.6. The number of likely N-dealkylation sites (N-methyl/N-ethyl adjacent to an activating group) is 1. The molecule has 52 heavy (non-hydrogen) atoms. The van der Waals surface area contributed by atoms with E-state index in [9.17, 15) is 24.6 Å². The Kier molecular flexibility index (Phi) is 15.5. The van der Waals surface area contributed by atoms with Gasteiger partial charge < -0.3 is 53.0 Å². The number of hydrogen-bond donors (Lipinski definition) is 2. The first-order chi connectivity index (χ1) is 23.6. The van der Waals surface area contributed by atoms with Crippen LogP contribution in [0.2, 0.25) is 0 Å². The first-order valence-electron chi connectivity index (χ1n) is 18.1. The molecule has 0 aromatic heterocycles. The van der Waals surface area contributed by atoms with Crippen molar-refractivity contribution in [2.75, 3.05) is 21.2 Å². The van der Waals surface area contributed by atoms with E-state index in [0.29, 0.717) is 25.1 Å². The van der Waals surface area contributed by atoms with Crippen LogP contribution in [0.15, 0.2) is 11.3 Å². The number of methoxy groups -OCH3 is 1. The molecule has 1 radical (unpaired) electrons. The van der Waals surface area contributed by atoms with Crippen molar-refractivity contribution in [2.24, 2.45) is 17.8 Å². The van der Waals surface area contributed by atoms with Crippen molar-refractivity contribution in [3.63, 3.8) is 0 Å². The molecule has 0 saturated carbocycles. The van der Waals surface area contributed by atoms with Gasteiger partial charge in [0.1, 0.15) is 35.3 Å². The number of Topliss-reactive ketones (excluding diaryl/α,β-unsaturated/α-hetero) is 1. The fourth-order valence-electron chi connectivity index (χ4n) is 8.46. The largest absolute Gasteiger partial charge is 0.488 e. The molecule has 0 aromatic rings. The number of aliphatic hydroxyl groups excluding tert-OH is 1. The second-order valence-corrected chi connectivity index (χ2v) is 16.1. The summed E-state index contributed by atoms with van der Waals surface area (Å²) in [5, 5.41) is 23.1. The van der Waals surface area contributed by atoms with E-state index in [1.165, 1.54) is 21.0 Å². The quantitative estimate of drug-likeness (QED) is 0.269. The van der Waals surface area contributed by atoms with Gasteiger partial charge in [0.15, 0.2) is 30.1 Å². The molecule has 3 saturated heterocycles. The van der Waals surface area contributed by atoms with Crippen molar-refractivity contribution >= 4 is 18.2 Å². The minimum Gasteiger partial charge on any atom is -0.488 e. The molecule has 3 fully saturated rings. The molecule has 16 atom stereocenters. The molecule has 0 spiro atoms. The van der Waals surface area contributed by atoms with Gasteiger partial charge in [-0.2, -0.15) is 0 Å². The van der Waals surface area contributed by atoms with Crippen LogP contribution in [0.3, 0.4) is 0 Å². The first-order valence-corrected chi connectivity index (χ1v) is 18.1. The monoisotopic (exact) mass is 954 g/mol. The fourth-order valence-corrected chi connectivity index (χ4v) is 8.46. The SMILES string of the molecule is COC1(C)CC(OC2[C@H](C)C(OC3O[C@H](C)CC(N(C)C)C3O)C3(C)CC(C)=C(O3)[C@H](C)C(=O)[C@](C)(O)C(C)OC(=O)[C@@H]2C)O[C@@H](C)C1OC=O.[Ac]. The van der Waals surface area contributed by atoms with Gasteiger partial charge in [-0.3, -0.25) is 14.4 Å². The maximum Gasteiger partial charge on any atom is 0.311 e. The molecule has 4 rings (SSSR count). The second kappa shape index (κ2) is 17.6. The summed E-state index contributed by atoms with van der Waals surface area (Å²) in [6, 6.07) is -0.260. The maximum atomic E-state index is 14.0. The predicted octanol–water partition coefficient (Wildman–Crippen LogP) is 2.89. The van der Waals surface area contributed by atoms with Crippen LogP contribution in [-0.4, -0.2) is 133 Å². The molecule has 10 unspecified atom stereocenters. The number of ether oxygens (including phenoxy) is 8. The van der Waals surface area contributed by atoms with Crippen molar-refractivity contribution in [3.8, 4) is 0 Å². The average molecular weight is 955 g/mol.